The number of halogens is 1. The van der Waals surface area contributed by atoms with Gasteiger partial charge < -0.3 is 0 Å². The summed E-state index contributed by atoms with van der Waals surface area (Å²) in [4.78, 5) is 0. The van der Waals surface area contributed by atoms with Crippen LogP contribution in [0.3, 0.4) is 0 Å². The van der Waals surface area contributed by atoms with Crippen LogP contribution in [0, 0.1) is 3.57 Å². The van der Waals surface area contributed by atoms with Crippen LogP contribution in [0.15, 0.2) is 64.8 Å². The molecule has 0 fully saturated rings. The van der Waals surface area contributed by atoms with Crippen molar-refractivity contribution in [2.24, 2.45) is 10.2 Å². The largest absolute Gasteiger partial charge is 0.340 e. The third-order valence-corrected chi connectivity index (χ3v) is 3.78. The first kappa shape index (κ1) is 11.8. The topological polar surface area (TPSA) is 58.9 Å². The van der Waals surface area contributed by atoms with E-state index in [0.717, 1.165) is 5.69 Å². The second-order valence-electron chi connectivity index (χ2n) is 3.23. The Bertz CT molecular complexity index is 582. The molecule has 4 nitrogen and oxygen atoms in total. The molecule has 0 aromatic heterocycles. The predicted octanol–water partition coefficient (Wildman–Crippen LogP) is 4.47. The van der Waals surface area contributed by atoms with Gasteiger partial charge >= 0.3 is 19.8 Å². The highest BCUT2D eigenvalue weighted by atomic mass is 127. The molecule has 0 atom stereocenters. The van der Waals surface area contributed by atoms with Gasteiger partial charge in [-0.1, -0.05) is 18.2 Å². The molecule has 2 rings (SSSR count). The van der Waals surface area contributed by atoms with Gasteiger partial charge in [0.15, 0.2) is 0 Å². The molecule has 0 N–H and O–H groups in total. The zero-order valence-corrected chi connectivity index (χ0v) is 10.9. The maximum absolute atomic E-state index is 10.8. The van der Waals surface area contributed by atoms with E-state index < -0.39 is 19.8 Å². The molecule has 0 saturated heterocycles. The Morgan fingerprint density at radius 3 is 1.76 bits per heavy atom. The fourth-order valence-corrected chi connectivity index (χ4v) is 2.17. The van der Waals surface area contributed by atoms with Gasteiger partial charge in [0.2, 0.25) is 0 Å². The molecule has 2 aromatic rings. The minimum Gasteiger partial charge on any atom is -0.230 e. The zero-order chi connectivity index (χ0) is 12.1. The van der Waals surface area contributed by atoms with Gasteiger partial charge in [0.25, 0.3) is 0 Å². The van der Waals surface area contributed by atoms with Crippen molar-refractivity contribution in [2.75, 3.05) is 0 Å². The summed E-state index contributed by atoms with van der Waals surface area (Å²) in [5, 5.41) is 8.05. The first-order chi connectivity index (χ1) is 8.25. The molecule has 0 aliphatic carbocycles. The summed E-state index contributed by atoms with van der Waals surface area (Å²) in [5.41, 5.74) is 1.40. The molecule has 0 aliphatic rings. The SMILES string of the molecule is O=I(=O)c1ccc(N=Nc2ccccc2)cc1. The first-order valence-corrected chi connectivity index (χ1v) is 7.72. The van der Waals surface area contributed by atoms with E-state index in [9.17, 15) is 6.14 Å². The van der Waals surface area contributed by atoms with Gasteiger partial charge in [-0.3, -0.25) is 0 Å². The quantitative estimate of drug-likeness (QED) is 0.611. The standard InChI is InChI=1S/C12H9IN2O2/c16-13(17)10-6-8-12(9-7-10)15-14-11-4-2-1-3-5-11/h1-9H. The van der Waals surface area contributed by atoms with E-state index in [-0.39, 0.29) is 0 Å². The second-order valence-corrected chi connectivity index (χ2v) is 5.72. The van der Waals surface area contributed by atoms with Crippen LogP contribution < -0.4 is 0 Å². The van der Waals surface area contributed by atoms with Gasteiger partial charge in [0.05, 0.1) is 14.9 Å². The molecule has 2 aromatic carbocycles. The lowest BCUT2D eigenvalue weighted by Crippen LogP contribution is -1.69. The van der Waals surface area contributed by atoms with E-state index in [4.69, 9.17) is 0 Å². The van der Waals surface area contributed by atoms with Crippen LogP contribution in [0.5, 0.6) is 0 Å². The molecule has 86 valence electrons. The number of hydrogen-bond acceptors (Lipinski definition) is 4. The number of nitrogens with zero attached hydrogens (tertiary/aromatic N) is 2. The van der Waals surface area contributed by atoms with E-state index >= 15 is 0 Å². The fourth-order valence-electron chi connectivity index (χ4n) is 1.22. The van der Waals surface area contributed by atoms with Crippen molar-refractivity contribution in [1.82, 2.24) is 0 Å². The molecule has 0 unspecified atom stereocenters. The normalized spacial score (nSPS) is 11.1. The van der Waals surface area contributed by atoms with Crippen LogP contribution in [-0.4, -0.2) is 0 Å². The summed E-state index contributed by atoms with van der Waals surface area (Å²) in [6.07, 6.45) is 0. The lowest BCUT2D eigenvalue weighted by molar-refractivity contribution is 0.610. The summed E-state index contributed by atoms with van der Waals surface area (Å²) < 4.78 is 21.9. The summed E-state index contributed by atoms with van der Waals surface area (Å²) >= 11 is -3.36. The molecule has 0 amide bonds. The molecule has 0 spiro atoms. The molecule has 0 heterocycles. The van der Waals surface area contributed by atoms with E-state index in [1.54, 1.807) is 24.3 Å². The van der Waals surface area contributed by atoms with Crippen molar-refractivity contribution in [3.05, 3.63) is 58.2 Å². The van der Waals surface area contributed by atoms with Crippen LogP contribution in [0.4, 0.5) is 11.4 Å². The molecular formula is C12H9IN2O2. The van der Waals surface area contributed by atoms with E-state index in [0.29, 0.717) is 9.26 Å². The average molecular weight is 340 g/mol. The lowest BCUT2D eigenvalue weighted by Gasteiger charge is -1.93. The maximum Gasteiger partial charge on any atom is 0.340 e. The summed E-state index contributed by atoms with van der Waals surface area (Å²) in [6.45, 7) is 0. The van der Waals surface area contributed by atoms with Gasteiger partial charge in [0.1, 0.15) is 0 Å². The highest BCUT2D eigenvalue weighted by Crippen LogP contribution is 2.22. The van der Waals surface area contributed by atoms with Crippen LogP contribution in [0.2, 0.25) is 0 Å². The fraction of sp³-hybridized carbons (Fsp3) is 0. The molecule has 0 saturated carbocycles. The number of benzene rings is 2. The zero-order valence-electron chi connectivity index (χ0n) is 8.79. The summed E-state index contributed by atoms with van der Waals surface area (Å²) in [6, 6.07) is 15.7. The van der Waals surface area contributed by atoms with Gasteiger partial charge in [-0.05, 0) is 36.4 Å². The Balaban J connectivity index is 2.17. The Kier molecular flexibility index (Phi) is 3.92. The predicted molar refractivity (Wildman–Crippen MR) is 71.2 cm³/mol. The van der Waals surface area contributed by atoms with Gasteiger partial charge in [0, 0.05) is 0 Å². The van der Waals surface area contributed by atoms with Crippen LogP contribution in [0.25, 0.3) is 0 Å². The Morgan fingerprint density at radius 2 is 1.24 bits per heavy atom. The third-order valence-electron chi connectivity index (χ3n) is 2.04. The number of rotatable bonds is 3. The van der Waals surface area contributed by atoms with Crippen molar-refractivity contribution in [3.8, 4) is 0 Å². The van der Waals surface area contributed by atoms with Crippen molar-refractivity contribution in [3.63, 3.8) is 0 Å². The van der Waals surface area contributed by atoms with Crippen molar-refractivity contribution < 1.29 is 6.14 Å². The highest BCUT2D eigenvalue weighted by molar-refractivity contribution is 14.2. The van der Waals surface area contributed by atoms with Crippen LogP contribution >= 0.6 is 19.8 Å². The number of hydrogen-bond donors (Lipinski definition) is 0. The molecule has 17 heavy (non-hydrogen) atoms. The molecule has 0 bridgehead atoms. The van der Waals surface area contributed by atoms with Crippen molar-refractivity contribution >= 4 is 31.2 Å². The van der Waals surface area contributed by atoms with E-state index in [1.165, 1.54) is 0 Å². The van der Waals surface area contributed by atoms with E-state index in [1.807, 2.05) is 30.3 Å². The smallest absolute Gasteiger partial charge is 0.230 e. The highest BCUT2D eigenvalue weighted by Gasteiger charge is 1.97. The van der Waals surface area contributed by atoms with Gasteiger partial charge in [-0.25, -0.2) is 6.14 Å². The molecule has 5 heteroatoms. The van der Waals surface area contributed by atoms with Crippen LogP contribution in [0.1, 0.15) is 0 Å². The average Bonchev–Trinajstić information content (AvgIpc) is 2.38. The Labute approximate surface area is 106 Å². The maximum atomic E-state index is 10.8. The van der Waals surface area contributed by atoms with E-state index in [2.05, 4.69) is 10.2 Å². The lowest BCUT2D eigenvalue weighted by atomic mass is 10.3. The molecule has 0 aliphatic heterocycles. The van der Waals surface area contributed by atoms with Crippen molar-refractivity contribution in [2.45, 2.75) is 0 Å². The Hall–Kier alpha value is -1.63. The minimum absolute atomic E-state index is 0.368. The monoisotopic (exact) mass is 340 g/mol. The summed E-state index contributed by atoms with van der Waals surface area (Å²) in [5.74, 6) is 0. The minimum atomic E-state index is -3.36. The van der Waals surface area contributed by atoms with Gasteiger partial charge in [-0.15, -0.1) is 0 Å². The molecular weight excluding hydrogens is 331 g/mol. The first-order valence-electron chi connectivity index (χ1n) is 4.88. The van der Waals surface area contributed by atoms with Crippen molar-refractivity contribution in [1.29, 1.82) is 0 Å². The molecule has 0 radical (unpaired) electrons. The second kappa shape index (κ2) is 5.62. The number of azo groups is 1. The third kappa shape index (κ3) is 3.42. The summed E-state index contributed by atoms with van der Waals surface area (Å²) in [7, 11) is 0. The van der Waals surface area contributed by atoms with Crippen LogP contribution in [-0.2, 0) is 6.14 Å². The van der Waals surface area contributed by atoms with Gasteiger partial charge in [-0.2, -0.15) is 10.2 Å². The Morgan fingerprint density at radius 1 is 0.706 bits per heavy atom.